The van der Waals surface area contributed by atoms with Crippen molar-refractivity contribution in [2.75, 3.05) is 6.61 Å². The van der Waals surface area contributed by atoms with Gasteiger partial charge in [0.2, 0.25) is 0 Å². The summed E-state index contributed by atoms with van der Waals surface area (Å²) in [5.74, 6) is -0.667. The standard InChI is InChI=1S/C29H28N2O4/c1-29(2)17-23-24(21(18-32)22-15-9-10-16-30-22)27(33)31(23)26(29)28(34)35-25(19-11-5-3-6-12-19)20-13-7-4-8-14-20/h3-16,23,25-26,32H,17-18H2,1-2H3/b24-21+/t23?,26-/m0/s1. The molecule has 35 heavy (non-hydrogen) atoms. The van der Waals surface area contributed by atoms with E-state index >= 15 is 0 Å². The van der Waals surface area contributed by atoms with Crippen LogP contribution >= 0.6 is 0 Å². The Morgan fingerprint density at radius 1 is 1.03 bits per heavy atom. The molecule has 5 rings (SSSR count). The van der Waals surface area contributed by atoms with Gasteiger partial charge in [0.25, 0.3) is 5.91 Å². The summed E-state index contributed by atoms with van der Waals surface area (Å²) in [6.45, 7) is 3.69. The molecule has 3 aromatic rings. The average Bonchev–Trinajstić information content (AvgIpc) is 3.14. The van der Waals surface area contributed by atoms with Crippen molar-refractivity contribution in [1.29, 1.82) is 0 Å². The summed E-state index contributed by atoms with van der Waals surface area (Å²) in [5, 5.41) is 10.1. The molecule has 178 valence electrons. The topological polar surface area (TPSA) is 79.7 Å². The van der Waals surface area contributed by atoms with Gasteiger partial charge in [-0.25, -0.2) is 4.79 Å². The van der Waals surface area contributed by atoms with E-state index in [0.717, 1.165) is 11.1 Å². The van der Waals surface area contributed by atoms with Gasteiger partial charge < -0.3 is 14.7 Å². The van der Waals surface area contributed by atoms with Crippen LogP contribution in [0.2, 0.25) is 0 Å². The largest absolute Gasteiger partial charge is 0.451 e. The van der Waals surface area contributed by atoms with E-state index in [2.05, 4.69) is 4.98 Å². The molecule has 2 atom stereocenters. The molecule has 2 fully saturated rings. The van der Waals surface area contributed by atoms with E-state index in [1.54, 1.807) is 23.2 Å². The summed E-state index contributed by atoms with van der Waals surface area (Å²) < 4.78 is 6.14. The number of rotatable bonds is 6. The highest BCUT2D eigenvalue weighted by Gasteiger charge is 2.61. The molecule has 1 N–H and O–H groups in total. The molecule has 1 aromatic heterocycles. The van der Waals surface area contributed by atoms with E-state index in [1.807, 2.05) is 80.6 Å². The van der Waals surface area contributed by atoms with Gasteiger partial charge >= 0.3 is 5.97 Å². The van der Waals surface area contributed by atoms with Crippen LogP contribution in [-0.2, 0) is 14.3 Å². The minimum absolute atomic E-state index is 0.242. The van der Waals surface area contributed by atoms with Crippen LogP contribution in [0, 0.1) is 5.41 Å². The summed E-state index contributed by atoms with van der Waals surface area (Å²) in [6, 6.07) is 23.7. The maximum Gasteiger partial charge on any atom is 0.330 e. The lowest BCUT2D eigenvalue weighted by Gasteiger charge is -2.42. The van der Waals surface area contributed by atoms with Crippen molar-refractivity contribution in [3.63, 3.8) is 0 Å². The average molecular weight is 469 g/mol. The molecule has 2 saturated heterocycles. The summed E-state index contributed by atoms with van der Waals surface area (Å²) >= 11 is 0. The first-order chi connectivity index (χ1) is 16.9. The predicted octanol–water partition coefficient (Wildman–Crippen LogP) is 4.17. The van der Waals surface area contributed by atoms with Gasteiger partial charge in [0.15, 0.2) is 6.10 Å². The number of hydrogen-bond donors (Lipinski definition) is 1. The van der Waals surface area contributed by atoms with Crippen molar-refractivity contribution in [2.24, 2.45) is 5.41 Å². The molecule has 2 aliphatic heterocycles. The number of aliphatic hydroxyl groups excluding tert-OH is 1. The minimum Gasteiger partial charge on any atom is -0.451 e. The van der Waals surface area contributed by atoms with Crippen LogP contribution in [0.25, 0.3) is 5.57 Å². The number of nitrogens with zero attached hydrogens (tertiary/aromatic N) is 2. The van der Waals surface area contributed by atoms with Gasteiger partial charge in [0.05, 0.1) is 18.3 Å². The lowest BCUT2D eigenvalue weighted by molar-refractivity contribution is -0.162. The highest BCUT2D eigenvalue weighted by Crippen LogP contribution is 2.51. The molecule has 0 saturated carbocycles. The fourth-order valence-corrected chi connectivity index (χ4v) is 5.35. The zero-order valence-corrected chi connectivity index (χ0v) is 19.8. The molecule has 3 heterocycles. The molecule has 6 heteroatoms. The van der Waals surface area contributed by atoms with Crippen LogP contribution < -0.4 is 0 Å². The summed E-state index contributed by atoms with van der Waals surface area (Å²) in [4.78, 5) is 33.0. The Bertz CT molecular complexity index is 1220. The molecule has 0 bridgehead atoms. The quantitative estimate of drug-likeness (QED) is 0.334. The Labute approximate surface area is 204 Å². The fourth-order valence-electron chi connectivity index (χ4n) is 5.35. The number of β-lactam (4-membered cyclic amide) rings is 1. The van der Waals surface area contributed by atoms with Crippen LogP contribution in [0.1, 0.15) is 43.2 Å². The number of pyridine rings is 1. The Kier molecular flexibility index (Phi) is 5.99. The minimum atomic E-state index is -0.720. The van der Waals surface area contributed by atoms with Gasteiger partial charge in [0.1, 0.15) is 6.04 Å². The first-order valence-corrected chi connectivity index (χ1v) is 11.8. The van der Waals surface area contributed by atoms with Gasteiger partial charge in [-0.15, -0.1) is 0 Å². The third-order valence-corrected chi connectivity index (χ3v) is 6.99. The van der Waals surface area contributed by atoms with Crippen molar-refractivity contribution in [3.05, 3.63) is 107 Å². The van der Waals surface area contributed by atoms with Crippen LogP contribution in [0.4, 0.5) is 0 Å². The molecular weight excluding hydrogens is 440 g/mol. The Morgan fingerprint density at radius 3 is 2.17 bits per heavy atom. The first-order valence-electron chi connectivity index (χ1n) is 11.8. The van der Waals surface area contributed by atoms with Gasteiger partial charge in [-0.3, -0.25) is 9.78 Å². The highest BCUT2D eigenvalue weighted by molar-refractivity contribution is 6.10. The molecule has 1 unspecified atom stereocenters. The molecular formula is C29H28N2O4. The Morgan fingerprint density at radius 2 is 1.63 bits per heavy atom. The summed E-state index contributed by atoms with van der Waals surface area (Å²) in [5.41, 5.74) is 2.88. The lowest BCUT2D eigenvalue weighted by Crippen LogP contribution is -2.58. The molecule has 0 aliphatic carbocycles. The number of aliphatic hydroxyl groups is 1. The Balaban J connectivity index is 1.46. The smallest absolute Gasteiger partial charge is 0.330 e. The molecule has 1 amide bonds. The maximum absolute atomic E-state index is 13.7. The Hall–Kier alpha value is -3.77. The number of aromatic nitrogens is 1. The fraction of sp³-hybridized carbons (Fsp3) is 0.276. The summed E-state index contributed by atoms with van der Waals surface area (Å²) in [7, 11) is 0. The third-order valence-electron chi connectivity index (χ3n) is 6.99. The van der Waals surface area contributed by atoms with E-state index in [-0.39, 0.29) is 18.6 Å². The van der Waals surface area contributed by atoms with Gasteiger partial charge in [-0.1, -0.05) is 80.6 Å². The third kappa shape index (κ3) is 4.04. The van der Waals surface area contributed by atoms with Crippen molar-refractivity contribution in [1.82, 2.24) is 9.88 Å². The number of hydrogen-bond acceptors (Lipinski definition) is 5. The van der Waals surface area contributed by atoms with E-state index < -0.39 is 23.5 Å². The van der Waals surface area contributed by atoms with Crippen molar-refractivity contribution in [3.8, 4) is 0 Å². The number of ether oxygens (including phenoxy) is 1. The van der Waals surface area contributed by atoms with Crippen molar-refractivity contribution in [2.45, 2.75) is 38.5 Å². The van der Waals surface area contributed by atoms with Crippen molar-refractivity contribution < 1.29 is 19.4 Å². The number of carbonyl (C=O) groups is 2. The van der Waals surface area contributed by atoms with E-state index in [4.69, 9.17) is 4.74 Å². The lowest BCUT2D eigenvalue weighted by atomic mass is 9.82. The second-order valence-corrected chi connectivity index (χ2v) is 9.73. The number of esters is 1. The SMILES string of the molecule is CC1(C)CC2/C(=C(/CO)c3ccccn3)C(=O)N2[C@H]1C(=O)OC(c1ccccc1)c1ccccc1. The van der Waals surface area contributed by atoms with Crippen LogP contribution in [0.5, 0.6) is 0 Å². The normalized spacial score (nSPS) is 21.9. The van der Waals surface area contributed by atoms with Gasteiger partial charge in [-0.2, -0.15) is 0 Å². The van der Waals surface area contributed by atoms with Gasteiger partial charge in [-0.05, 0) is 35.1 Å². The van der Waals surface area contributed by atoms with Crippen LogP contribution in [-0.4, -0.2) is 45.6 Å². The number of fused-ring (bicyclic) bond motifs is 1. The van der Waals surface area contributed by atoms with Crippen molar-refractivity contribution >= 4 is 17.4 Å². The van der Waals surface area contributed by atoms with Crippen LogP contribution in [0.15, 0.2) is 90.6 Å². The second-order valence-electron chi connectivity index (χ2n) is 9.73. The molecule has 0 radical (unpaired) electrons. The highest BCUT2D eigenvalue weighted by atomic mass is 16.5. The number of carbonyl (C=O) groups excluding carboxylic acids is 2. The van der Waals surface area contributed by atoms with Gasteiger partial charge in [0, 0.05) is 17.3 Å². The maximum atomic E-state index is 13.7. The molecule has 2 aliphatic rings. The first kappa shape index (κ1) is 23.0. The van der Waals surface area contributed by atoms with E-state index in [0.29, 0.717) is 23.3 Å². The van der Waals surface area contributed by atoms with E-state index in [1.165, 1.54) is 0 Å². The van der Waals surface area contributed by atoms with E-state index in [9.17, 15) is 14.7 Å². The summed E-state index contributed by atoms with van der Waals surface area (Å²) in [6.07, 6.45) is 1.66. The number of amides is 1. The molecule has 0 spiro atoms. The second kappa shape index (κ2) is 9.12. The number of benzene rings is 2. The zero-order valence-electron chi connectivity index (χ0n) is 19.8. The molecule has 6 nitrogen and oxygen atoms in total. The monoisotopic (exact) mass is 468 g/mol. The predicted molar refractivity (Wildman–Crippen MR) is 132 cm³/mol. The zero-order chi connectivity index (χ0) is 24.6. The van der Waals surface area contributed by atoms with Crippen LogP contribution in [0.3, 0.4) is 0 Å². The molecule has 2 aromatic carbocycles.